The van der Waals surface area contributed by atoms with Crippen LogP contribution in [0.1, 0.15) is 29.6 Å². The van der Waals surface area contributed by atoms with Crippen molar-refractivity contribution in [3.05, 3.63) is 36.2 Å². The third kappa shape index (κ3) is 1.97. The lowest BCUT2D eigenvalue weighted by molar-refractivity contribution is 0.0940. The minimum absolute atomic E-state index is 0.0517. The number of aromatic nitrogens is 2. The number of nitrogens with zero attached hydrogens (tertiary/aromatic N) is 2. The Bertz CT molecular complexity index is 580. The third-order valence-corrected chi connectivity index (χ3v) is 3.94. The number of hydrogen-bond acceptors (Lipinski definition) is 2. The van der Waals surface area contributed by atoms with E-state index >= 15 is 0 Å². The first-order chi connectivity index (χ1) is 8.75. The Morgan fingerprint density at radius 3 is 3.11 bits per heavy atom. The van der Waals surface area contributed by atoms with Gasteiger partial charge in [-0.15, -0.1) is 11.6 Å². The first-order valence-corrected chi connectivity index (χ1v) is 6.56. The Morgan fingerprint density at radius 1 is 1.44 bits per heavy atom. The summed E-state index contributed by atoms with van der Waals surface area (Å²) in [6.07, 6.45) is 6.43. The molecular weight excluding hydrogens is 250 g/mol. The van der Waals surface area contributed by atoms with Crippen LogP contribution in [-0.2, 0) is 0 Å². The minimum atomic E-state index is -0.0891. The molecule has 2 aromatic heterocycles. The average molecular weight is 264 g/mol. The van der Waals surface area contributed by atoms with E-state index in [0.29, 0.717) is 5.56 Å². The fourth-order valence-corrected chi connectivity index (χ4v) is 2.78. The van der Waals surface area contributed by atoms with Crippen molar-refractivity contribution in [2.24, 2.45) is 0 Å². The first kappa shape index (κ1) is 11.5. The number of halogens is 1. The molecule has 0 spiro atoms. The molecular formula is C13H14ClN3O. The fourth-order valence-electron chi connectivity index (χ4n) is 2.43. The second-order valence-electron chi connectivity index (χ2n) is 4.62. The summed E-state index contributed by atoms with van der Waals surface area (Å²) in [6.45, 7) is 0. The van der Waals surface area contributed by atoms with Gasteiger partial charge in [0.25, 0.3) is 5.91 Å². The van der Waals surface area contributed by atoms with Gasteiger partial charge in [0.05, 0.1) is 22.7 Å². The summed E-state index contributed by atoms with van der Waals surface area (Å²) in [5.41, 5.74) is 1.42. The van der Waals surface area contributed by atoms with E-state index < -0.39 is 0 Å². The molecule has 0 radical (unpaired) electrons. The summed E-state index contributed by atoms with van der Waals surface area (Å²) in [4.78, 5) is 12.2. The van der Waals surface area contributed by atoms with Crippen LogP contribution in [0.3, 0.4) is 0 Å². The third-order valence-electron chi connectivity index (χ3n) is 3.42. The van der Waals surface area contributed by atoms with Crippen LogP contribution in [-0.4, -0.2) is 26.9 Å². The van der Waals surface area contributed by atoms with Crippen LogP contribution >= 0.6 is 11.6 Å². The van der Waals surface area contributed by atoms with Gasteiger partial charge >= 0.3 is 0 Å². The van der Waals surface area contributed by atoms with Crippen molar-refractivity contribution in [3.63, 3.8) is 0 Å². The molecule has 1 saturated carbocycles. The van der Waals surface area contributed by atoms with E-state index in [9.17, 15) is 4.79 Å². The van der Waals surface area contributed by atoms with E-state index in [2.05, 4.69) is 10.4 Å². The molecule has 0 aliphatic heterocycles. The second kappa shape index (κ2) is 4.61. The quantitative estimate of drug-likeness (QED) is 0.845. The molecule has 1 fully saturated rings. The van der Waals surface area contributed by atoms with Crippen LogP contribution in [0.5, 0.6) is 0 Å². The van der Waals surface area contributed by atoms with Crippen LogP contribution < -0.4 is 5.32 Å². The van der Waals surface area contributed by atoms with Crippen molar-refractivity contribution in [1.82, 2.24) is 14.9 Å². The Hall–Kier alpha value is -1.55. The Balaban J connectivity index is 1.84. The number of rotatable bonds is 2. The van der Waals surface area contributed by atoms with Gasteiger partial charge in [0.2, 0.25) is 0 Å². The van der Waals surface area contributed by atoms with Gasteiger partial charge in [0, 0.05) is 12.2 Å². The molecule has 5 heteroatoms. The topological polar surface area (TPSA) is 46.4 Å². The molecule has 1 aliphatic rings. The lowest BCUT2D eigenvalue weighted by Crippen LogP contribution is -2.37. The summed E-state index contributed by atoms with van der Waals surface area (Å²) < 4.78 is 1.70. The first-order valence-electron chi connectivity index (χ1n) is 6.13. The van der Waals surface area contributed by atoms with Gasteiger partial charge in [-0.1, -0.05) is 6.07 Å². The Morgan fingerprint density at radius 2 is 2.33 bits per heavy atom. The number of hydrogen-bond donors (Lipinski definition) is 1. The largest absolute Gasteiger partial charge is 0.348 e. The van der Waals surface area contributed by atoms with Gasteiger partial charge in [-0.3, -0.25) is 4.79 Å². The van der Waals surface area contributed by atoms with Gasteiger partial charge in [-0.25, -0.2) is 4.52 Å². The number of carbonyl (C=O) groups excluding carboxylic acids is 1. The zero-order chi connectivity index (χ0) is 12.5. The molecule has 2 atom stereocenters. The zero-order valence-corrected chi connectivity index (χ0v) is 10.6. The van der Waals surface area contributed by atoms with Crippen LogP contribution in [0, 0.1) is 0 Å². The van der Waals surface area contributed by atoms with Gasteiger partial charge < -0.3 is 5.32 Å². The van der Waals surface area contributed by atoms with Crippen molar-refractivity contribution in [3.8, 4) is 0 Å². The molecule has 0 bridgehead atoms. The van der Waals surface area contributed by atoms with Crippen molar-refractivity contribution >= 4 is 23.0 Å². The molecule has 2 unspecified atom stereocenters. The maximum Gasteiger partial charge on any atom is 0.255 e. The normalized spacial score (nSPS) is 23.4. The van der Waals surface area contributed by atoms with Crippen molar-refractivity contribution in [1.29, 1.82) is 0 Å². The van der Waals surface area contributed by atoms with Gasteiger partial charge in [0.1, 0.15) is 0 Å². The Kier molecular flexibility index (Phi) is 2.96. The number of fused-ring (bicyclic) bond motifs is 1. The minimum Gasteiger partial charge on any atom is -0.348 e. The maximum absolute atomic E-state index is 12.2. The molecule has 1 amide bonds. The van der Waals surface area contributed by atoms with E-state index in [1.165, 1.54) is 0 Å². The van der Waals surface area contributed by atoms with E-state index in [1.54, 1.807) is 10.7 Å². The summed E-state index contributed by atoms with van der Waals surface area (Å²) in [5.74, 6) is -0.0891. The fraction of sp³-hybridized carbons (Fsp3) is 0.385. The number of alkyl halides is 1. The van der Waals surface area contributed by atoms with E-state index in [0.717, 1.165) is 24.8 Å². The smallest absolute Gasteiger partial charge is 0.255 e. The van der Waals surface area contributed by atoms with Crippen LogP contribution in [0.25, 0.3) is 5.52 Å². The lowest BCUT2D eigenvalue weighted by Gasteiger charge is -2.15. The van der Waals surface area contributed by atoms with Crippen LogP contribution in [0.4, 0.5) is 0 Å². The SMILES string of the molecule is O=C(NC1CCCC1Cl)c1cnn2ccccc12. The lowest BCUT2D eigenvalue weighted by atomic mass is 10.2. The highest BCUT2D eigenvalue weighted by Gasteiger charge is 2.27. The van der Waals surface area contributed by atoms with E-state index in [4.69, 9.17) is 11.6 Å². The number of carbonyl (C=O) groups is 1. The second-order valence-corrected chi connectivity index (χ2v) is 5.18. The van der Waals surface area contributed by atoms with Crippen molar-refractivity contribution in [2.75, 3.05) is 0 Å². The van der Waals surface area contributed by atoms with Gasteiger partial charge in [-0.2, -0.15) is 5.10 Å². The Labute approximate surface area is 110 Å². The molecule has 2 heterocycles. The molecule has 94 valence electrons. The average Bonchev–Trinajstić information content (AvgIpc) is 2.96. The molecule has 18 heavy (non-hydrogen) atoms. The van der Waals surface area contributed by atoms with Crippen LogP contribution in [0.2, 0.25) is 0 Å². The highest BCUT2D eigenvalue weighted by molar-refractivity contribution is 6.21. The molecule has 0 aromatic carbocycles. The molecule has 4 nitrogen and oxygen atoms in total. The van der Waals surface area contributed by atoms with E-state index in [1.807, 2.05) is 24.4 Å². The van der Waals surface area contributed by atoms with Crippen molar-refractivity contribution < 1.29 is 4.79 Å². The summed E-state index contributed by atoms with van der Waals surface area (Å²) in [6, 6.07) is 5.74. The molecule has 2 aromatic rings. The summed E-state index contributed by atoms with van der Waals surface area (Å²) >= 11 is 6.17. The molecule has 3 rings (SSSR count). The maximum atomic E-state index is 12.2. The van der Waals surface area contributed by atoms with Crippen LogP contribution in [0.15, 0.2) is 30.6 Å². The van der Waals surface area contributed by atoms with Gasteiger partial charge in [-0.05, 0) is 31.4 Å². The summed E-state index contributed by atoms with van der Waals surface area (Å²) in [5, 5.41) is 7.21. The molecule has 1 aliphatic carbocycles. The van der Waals surface area contributed by atoms with Crippen molar-refractivity contribution in [2.45, 2.75) is 30.7 Å². The summed E-state index contributed by atoms with van der Waals surface area (Å²) in [7, 11) is 0. The molecule has 1 N–H and O–H groups in total. The number of nitrogens with one attached hydrogen (secondary N) is 1. The van der Waals surface area contributed by atoms with E-state index in [-0.39, 0.29) is 17.3 Å². The number of pyridine rings is 1. The number of amides is 1. The zero-order valence-electron chi connectivity index (χ0n) is 9.84. The standard InChI is InChI=1S/C13H14ClN3O/c14-10-4-3-5-11(10)16-13(18)9-8-15-17-7-2-1-6-12(9)17/h1-2,6-8,10-11H,3-5H2,(H,16,18). The predicted octanol–water partition coefficient (Wildman–Crippen LogP) is 2.22. The highest BCUT2D eigenvalue weighted by Crippen LogP contribution is 2.24. The highest BCUT2D eigenvalue weighted by atomic mass is 35.5. The molecule has 0 saturated heterocycles. The van der Waals surface area contributed by atoms with Gasteiger partial charge in [0.15, 0.2) is 0 Å². The predicted molar refractivity (Wildman–Crippen MR) is 69.9 cm³/mol. The monoisotopic (exact) mass is 263 g/mol.